The van der Waals surface area contributed by atoms with Crippen LogP contribution in [0.3, 0.4) is 0 Å². The molecule has 7 heteroatoms. The van der Waals surface area contributed by atoms with E-state index in [9.17, 15) is 18.0 Å². The first-order chi connectivity index (χ1) is 8.84. The SMILES string of the molecule is C=C(NC(=O)C(F)(F)F)c1ccc(OCOC)cc1. The van der Waals surface area contributed by atoms with Crippen molar-refractivity contribution in [1.29, 1.82) is 0 Å². The van der Waals surface area contributed by atoms with Gasteiger partial charge in [0.2, 0.25) is 0 Å². The van der Waals surface area contributed by atoms with Crippen molar-refractivity contribution >= 4 is 11.6 Å². The Morgan fingerprint density at radius 2 is 1.89 bits per heavy atom. The minimum Gasteiger partial charge on any atom is -0.468 e. The number of methoxy groups -OCH3 is 1. The maximum absolute atomic E-state index is 12.0. The Balaban J connectivity index is 2.65. The van der Waals surface area contributed by atoms with Crippen LogP contribution in [-0.4, -0.2) is 26.0 Å². The van der Waals surface area contributed by atoms with E-state index in [0.29, 0.717) is 11.3 Å². The van der Waals surface area contributed by atoms with E-state index in [1.807, 2.05) is 0 Å². The fourth-order valence-corrected chi connectivity index (χ4v) is 1.16. The van der Waals surface area contributed by atoms with Crippen LogP contribution in [0.2, 0.25) is 0 Å². The maximum Gasteiger partial charge on any atom is 0.471 e. The number of carbonyl (C=O) groups excluding carboxylic acids is 1. The molecule has 4 nitrogen and oxygen atoms in total. The third-order valence-electron chi connectivity index (χ3n) is 2.07. The van der Waals surface area contributed by atoms with Crippen molar-refractivity contribution in [2.24, 2.45) is 0 Å². The predicted molar refractivity (Wildman–Crippen MR) is 62.2 cm³/mol. The first-order valence-corrected chi connectivity index (χ1v) is 5.14. The Hall–Kier alpha value is -2.02. The van der Waals surface area contributed by atoms with Gasteiger partial charge in [-0.3, -0.25) is 4.79 Å². The van der Waals surface area contributed by atoms with E-state index in [4.69, 9.17) is 9.47 Å². The fourth-order valence-electron chi connectivity index (χ4n) is 1.16. The van der Waals surface area contributed by atoms with Crippen LogP contribution < -0.4 is 10.1 Å². The van der Waals surface area contributed by atoms with Gasteiger partial charge >= 0.3 is 12.1 Å². The van der Waals surface area contributed by atoms with Gasteiger partial charge in [0.05, 0.1) is 0 Å². The molecule has 104 valence electrons. The third-order valence-corrected chi connectivity index (χ3v) is 2.07. The molecule has 0 bridgehead atoms. The van der Waals surface area contributed by atoms with Crippen molar-refractivity contribution < 1.29 is 27.4 Å². The van der Waals surface area contributed by atoms with Gasteiger partial charge in [-0.2, -0.15) is 13.2 Å². The van der Waals surface area contributed by atoms with Crippen LogP contribution in [-0.2, 0) is 9.53 Å². The number of hydrogen-bond donors (Lipinski definition) is 1. The highest BCUT2D eigenvalue weighted by molar-refractivity contribution is 5.89. The molecule has 0 aliphatic heterocycles. The van der Waals surface area contributed by atoms with Crippen molar-refractivity contribution in [1.82, 2.24) is 5.32 Å². The van der Waals surface area contributed by atoms with E-state index in [0.717, 1.165) is 0 Å². The van der Waals surface area contributed by atoms with Crippen LogP contribution in [0.1, 0.15) is 5.56 Å². The van der Waals surface area contributed by atoms with Crippen molar-refractivity contribution in [3.05, 3.63) is 36.4 Å². The van der Waals surface area contributed by atoms with Gasteiger partial charge in [-0.25, -0.2) is 0 Å². The highest BCUT2D eigenvalue weighted by atomic mass is 19.4. The Labute approximate surface area is 107 Å². The molecule has 0 fully saturated rings. The van der Waals surface area contributed by atoms with E-state index in [2.05, 4.69) is 6.58 Å². The summed E-state index contributed by atoms with van der Waals surface area (Å²) < 4.78 is 45.9. The van der Waals surface area contributed by atoms with E-state index in [1.165, 1.54) is 31.4 Å². The van der Waals surface area contributed by atoms with Crippen LogP contribution in [0.25, 0.3) is 5.70 Å². The molecule has 19 heavy (non-hydrogen) atoms. The molecule has 1 N–H and O–H groups in total. The lowest BCUT2D eigenvalue weighted by Crippen LogP contribution is -2.35. The van der Waals surface area contributed by atoms with Crippen LogP contribution in [0.4, 0.5) is 13.2 Å². The van der Waals surface area contributed by atoms with Crippen LogP contribution in [0.5, 0.6) is 5.75 Å². The molecule has 0 aliphatic carbocycles. The summed E-state index contributed by atoms with van der Waals surface area (Å²) in [6.45, 7) is 3.43. The molecule has 1 amide bonds. The minimum atomic E-state index is -4.94. The van der Waals surface area contributed by atoms with Gasteiger partial charge in [0.1, 0.15) is 5.75 Å². The molecule has 0 unspecified atom stereocenters. The monoisotopic (exact) mass is 275 g/mol. The number of rotatable bonds is 5. The number of nitrogens with one attached hydrogen (secondary N) is 1. The maximum atomic E-state index is 12.0. The van der Waals surface area contributed by atoms with Gasteiger partial charge in [-0.1, -0.05) is 6.58 Å². The number of ether oxygens (including phenoxy) is 2. The first kappa shape index (κ1) is 15.0. The van der Waals surface area contributed by atoms with Crippen molar-refractivity contribution in [3.63, 3.8) is 0 Å². The summed E-state index contributed by atoms with van der Waals surface area (Å²) in [4.78, 5) is 10.7. The summed E-state index contributed by atoms with van der Waals surface area (Å²) in [6.07, 6.45) is -4.94. The zero-order chi connectivity index (χ0) is 14.5. The lowest BCUT2D eigenvalue weighted by atomic mass is 10.1. The number of hydrogen-bond acceptors (Lipinski definition) is 3. The summed E-state index contributed by atoms with van der Waals surface area (Å²) >= 11 is 0. The van der Waals surface area contributed by atoms with E-state index in [1.54, 1.807) is 5.32 Å². The minimum absolute atomic E-state index is 0.0606. The highest BCUT2D eigenvalue weighted by Crippen LogP contribution is 2.19. The van der Waals surface area contributed by atoms with Gasteiger partial charge in [0.25, 0.3) is 0 Å². The first-order valence-electron chi connectivity index (χ1n) is 5.14. The third kappa shape index (κ3) is 4.63. The molecule has 0 saturated carbocycles. The second-order valence-electron chi connectivity index (χ2n) is 3.51. The molecule has 0 aliphatic rings. The van der Waals surface area contributed by atoms with Gasteiger partial charge in [0.15, 0.2) is 6.79 Å². The Bertz CT molecular complexity index is 454. The second-order valence-corrected chi connectivity index (χ2v) is 3.51. The topological polar surface area (TPSA) is 47.6 Å². The highest BCUT2D eigenvalue weighted by Gasteiger charge is 2.38. The average molecular weight is 275 g/mol. The van der Waals surface area contributed by atoms with Crippen LogP contribution >= 0.6 is 0 Å². The molecule has 1 aromatic rings. The van der Waals surface area contributed by atoms with E-state index in [-0.39, 0.29) is 12.5 Å². The number of amides is 1. The van der Waals surface area contributed by atoms with Gasteiger partial charge in [0, 0.05) is 12.8 Å². The van der Waals surface area contributed by atoms with E-state index < -0.39 is 12.1 Å². The molecule has 1 rings (SSSR count). The normalized spacial score (nSPS) is 10.9. The Morgan fingerprint density at radius 1 is 1.32 bits per heavy atom. The molecule has 0 radical (unpaired) electrons. The zero-order valence-corrected chi connectivity index (χ0v) is 10.1. The molecule has 0 atom stereocenters. The Morgan fingerprint density at radius 3 is 2.37 bits per heavy atom. The summed E-state index contributed by atoms with van der Waals surface area (Å²) in [5, 5.41) is 1.67. The van der Waals surface area contributed by atoms with Crippen molar-refractivity contribution in [2.45, 2.75) is 6.18 Å². The Kier molecular flexibility index (Phi) is 4.94. The van der Waals surface area contributed by atoms with E-state index >= 15 is 0 Å². The number of benzene rings is 1. The van der Waals surface area contributed by atoms with Gasteiger partial charge < -0.3 is 14.8 Å². The molecule has 0 aromatic heterocycles. The smallest absolute Gasteiger partial charge is 0.468 e. The molecule has 0 heterocycles. The van der Waals surface area contributed by atoms with Gasteiger partial charge in [-0.15, -0.1) is 0 Å². The zero-order valence-electron chi connectivity index (χ0n) is 10.1. The molecular weight excluding hydrogens is 263 g/mol. The van der Waals surface area contributed by atoms with Crippen LogP contribution in [0.15, 0.2) is 30.8 Å². The van der Waals surface area contributed by atoms with Crippen LogP contribution in [0, 0.1) is 0 Å². The largest absolute Gasteiger partial charge is 0.471 e. The summed E-state index contributed by atoms with van der Waals surface area (Å²) in [7, 11) is 1.46. The molecular formula is C12H12F3NO3. The quantitative estimate of drug-likeness (QED) is 0.839. The number of carbonyl (C=O) groups is 1. The number of halogens is 3. The fraction of sp³-hybridized carbons (Fsp3) is 0.250. The lowest BCUT2D eigenvalue weighted by molar-refractivity contribution is -0.172. The second kappa shape index (κ2) is 6.24. The molecule has 0 saturated heterocycles. The standard InChI is InChI=1S/C12H12F3NO3/c1-8(16-11(17)12(13,14)15)9-3-5-10(6-4-9)19-7-18-2/h3-6H,1,7H2,2H3,(H,16,17). The van der Waals surface area contributed by atoms with Crippen molar-refractivity contribution in [2.75, 3.05) is 13.9 Å². The molecule has 0 spiro atoms. The summed E-state index contributed by atoms with van der Waals surface area (Å²) in [6, 6.07) is 6.01. The predicted octanol–water partition coefficient (Wildman–Crippen LogP) is 2.32. The summed E-state index contributed by atoms with van der Waals surface area (Å²) in [5.74, 6) is -1.57. The van der Waals surface area contributed by atoms with Gasteiger partial charge in [-0.05, 0) is 29.8 Å². The average Bonchev–Trinajstić information content (AvgIpc) is 2.35. The molecule has 1 aromatic carbocycles. The summed E-state index contributed by atoms with van der Waals surface area (Å²) in [5.41, 5.74) is 0.211. The number of alkyl halides is 3. The lowest BCUT2D eigenvalue weighted by Gasteiger charge is -2.11. The van der Waals surface area contributed by atoms with Crippen molar-refractivity contribution in [3.8, 4) is 5.75 Å².